The lowest BCUT2D eigenvalue weighted by molar-refractivity contribution is -0.155. The Hall–Kier alpha value is -3.17. The first kappa shape index (κ1) is 28.4. The molecule has 4 heterocycles. The molecule has 2 saturated heterocycles. The first-order chi connectivity index (χ1) is 19.3. The smallest absolute Gasteiger partial charge is 0.312 e. The molecule has 2 amide bonds. The average Bonchev–Trinajstić information content (AvgIpc) is 3.32. The fourth-order valence-corrected chi connectivity index (χ4v) is 6.92. The van der Waals surface area contributed by atoms with E-state index in [1.165, 1.54) is 4.90 Å². The predicted octanol–water partition coefficient (Wildman–Crippen LogP) is 2.93. The molecule has 4 aliphatic rings. The Morgan fingerprint density at radius 3 is 2.45 bits per heavy atom. The highest BCUT2D eigenvalue weighted by molar-refractivity contribution is 6.05. The molecule has 2 fully saturated rings. The second-order valence-electron chi connectivity index (χ2n) is 11.5. The van der Waals surface area contributed by atoms with Crippen molar-refractivity contribution in [2.75, 3.05) is 42.6 Å². The van der Waals surface area contributed by atoms with Gasteiger partial charge in [0, 0.05) is 31.0 Å². The van der Waals surface area contributed by atoms with Crippen molar-refractivity contribution in [2.45, 2.75) is 64.3 Å². The number of aliphatic hydroxyl groups is 1. The monoisotopic (exact) mass is 551 g/mol. The van der Waals surface area contributed by atoms with Gasteiger partial charge in [-0.3, -0.25) is 14.4 Å². The molecule has 0 saturated carbocycles. The summed E-state index contributed by atoms with van der Waals surface area (Å²) in [6.07, 6.45) is 7.81. The summed E-state index contributed by atoms with van der Waals surface area (Å²) in [5.74, 6) is -2.74. The zero-order chi connectivity index (χ0) is 28.6. The highest BCUT2D eigenvalue weighted by Gasteiger charge is 2.72. The van der Waals surface area contributed by atoms with E-state index >= 15 is 0 Å². The van der Waals surface area contributed by atoms with Crippen LogP contribution in [-0.4, -0.2) is 84.4 Å². The third-order valence-corrected chi connectivity index (χ3v) is 8.70. The number of ether oxygens (including phenoxy) is 2. The second kappa shape index (κ2) is 11.4. The largest absolute Gasteiger partial charge is 0.465 e. The molecule has 9 nitrogen and oxygen atoms in total. The number of benzene rings is 1. The van der Waals surface area contributed by atoms with Crippen LogP contribution in [-0.2, 0) is 23.9 Å². The van der Waals surface area contributed by atoms with Crippen LogP contribution in [0.1, 0.15) is 40.5 Å². The van der Waals surface area contributed by atoms with Gasteiger partial charge >= 0.3 is 5.97 Å². The molecule has 1 spiro atoms. The van der Waals surface area contributed by atoms with E-state index in [0.717, 1.165) is 18.8 Å². The Bertz CT molecular complexity index is 1180. The maximum atomic E-state index is 14.6. The first-order valence-corrected chi connectivity index (χ1v) is 14.6. The minimum absolute atomic E-state index is 0.171. The molecular formula is C31H41N3O6. The summed E-state index contributed by atoms with van der Waals surface area (Å²) in [7, 11) is 0. The molecule has 0 radical (unpaired) electrons. The van der Waals surface area contributed by atoms with E-state index in [0.29, 0.717) is 25.1 Å². The molecule has 1 N–H and O–H groups in total. The van der Waals surface area contributed by atoms with Crippen LogP contribution >= 0.6 is 0 Å². The molecular weight excluding hydrogens is 510 g/mol. The number of hydrogen-bond acceptors (Lipinski definition) is 7. The van der Waals surface area contributed by atoms with Gasteiger partial charge < -0.3 is 29.3 Å². The molecule has 5 rings (SSSR count). The number of amides is 2. The van der Waals surface area contributed by atoms with Gasteiger partial charge in [-0.15, -0.1) is 0 Å². The van der Waals surface area contributed by atoms with Crippen LogP contribution in [0.3, 0.4) is 0 Å². The molecule has 0 aromatic heterocycles. The summed E-state index contributed by atoms with van der Waals surface area (Å²) in [6, 6.07) is 6.24. The third-order valence-electron chi connectivity index (χ3n) is 8.70. The molecule has 4 aliphatic heterocycles. The fourth-order valence-electron chi connectivity index (χ4n) is 6.92. The van der Waals surface area contributed by atoms with E-state index in [1.54, 1.807) is 4.90 Å². The van der Waals surface area contributed by atoms with Crippen molar-refractivity contribution in [1.29, 1.82) is 0 Å². The number of cyclic esters (lactones) is 1. The van der Waals surface area contributed by atoms with E-state index < -0.39 is 41.6 Å². The molecule has 40 heavy (non-hydrogen) atoms. The number of rotatable bonds is 8. The number of carbonyl (C=O) groups excluding carboxylic acids is 3. The summed E-state index contributed by atoms with van der Waals surface area (Å²) < 4.78 is 12.1. The number of nitrogens with zero attached hydrogens (tertiary/aromatic N) is 3. The molecule has 1 aromatic carbocycles. The minimum Gasteiger partial charge on any atom is -0.465 e. The minimum atomic E-state index is -1.35. The molecule has 0 bridgehead atoms. The fraction of sp³-hybridized carbons (Fsp3) is 0.581. The van der Waals surface area contributed by atoms with Crippen molar-refractivity contribution in [3.8, 4) is 0 Å². The number of likely N-dealkylation sites (tertiary alicyclic amines) is 1. The maximum absolute atomic E-state index is 14.6. The number of carbonyl (C=O) groups is 3. The van der Waals surface area contributed by atoms with Gasteiger partial charge in [0.25, 0.3) is 5.91 Å². The zero-order valence-electron chi connectivity index (χ0n) is 23.9. The standard InChI is InChI=1S/C31H41N3O6/c1-5-32(6-2)21-11-13-22(14-12-21)33-16-9-15-31-26(25-24(40-31)10-7-8-17-39-30(25)38)28(36)34(27(31)29(33)37)23(19-35)18-20(3)4/h7,9-15,20,23-27,35H,5-6,8,16-19H2,1-4H3/t23-,24+,25-,26+,27?,31+/m1/s1. The van der Waals surface area contributed by atoms with Gasteiger partial charge in [-0.25, -0.2) is 0 Å². The highest BCUT2D eigenvalue weighted by Crippen LogP contribution is 2.54. The van der Waals surface area contributed by atoms with Gasteiger partial charge in [-0.1, -0.05) is 38.2 Å². The molecule has 1 aromatic rings. The summed E-state index contributed by atoms with van der Waals surface area (Å²) in [6.45, 7) is 10.2. The lowest BCUT2D eigenvalue weighted by Crippen LogP contribution is -2.58. The first-order valence-electron chi connectivity index (χ1n) is 14.6. The van der Waals surface area contributed by atoms with Gasteiger partial charge in [0.1, 0.15) is 17.6 Å². The van der Waals surface area contributed by atoms with E-state index in [9.17, 15) is 19.5 Å². The predicted molar refractivity (Wildman–Crippen MR) is 152 cm³/mol. The van der Waals surface area contributed by atoms with Gasteiger partial charge in [0.2, 0.25) is 5.91 Å². The van der Waals surface area contributed by atoms with E-state index in [-0.39, 0.29) is 30.9 Å². The average molecular weight is 552 g/mol. The van der Waals surface area contributed by atoms with E-state index in [4.69, 9.17) is 9.47 Å². The lowest BCUT2D eigenvalue weighted by atomic mass is 9.77. The molecule has 9 heteroatoms. The van der Waals surface area contributed by atoms with Crippen LogP contribution in [0, 0.1) is 17.8 Å². The number of hydrogen-bond donors (Lipinski definition) is 1. The number of anilines is 2. The lowest BCUT2D eigenvalue weighted by Gasteiger charge is -2.39. The van der Waals surface area contributed by atoms with Crippen molar-refractivity contribution < 1.29 is 29.0 Å². The van der Waals surface area contributed by atoms with Crippen molar-refractivity contribution >= 4 is 29.2 Å². The summed E-state index contributed by atoms with van der Waals surface area (Å²) in [4.78, 5) is 47.5. The van der Waals surface area contributed by atoms with Crippen LogP contribution in [0.4, 0.5) is 11.4 Å². The maximum Gasteiger partial charge on any atom is 0.312 e. The number of esters is 1. The number of fused-ring (bicyclic) bond motifs is 2. The Labute approximate surface area is 236 Å². The van der Waals surface area contributed by atoms with Crippen molar-refractivity contribution in [1.82, 2.24) is 4.90 Å². The quantitative estimate of drug-likeness (QED) is 0.392. The van der Waals surface area contributed by atoms with Crippen LogP contribution in [0.25, 0.3) is 0 Å². The van der Waals surface area contributed by atoms with Gasteiger partial charge in [0.05, 0.1) is 31.3 Å². The summed E-state index contributed by atoms with van der Waals surface area (Å²) in [5, 5.41) is 10.5. The van der Waals surface area contributed by atoms with Gasteiger partial charge in [0.15, 0.2) is 0 Å². The Morgan fingerprint density at radius 2 is 1.80 bits per heavy atom. The van der Waals surface area contributed by atoms with Crippen LogP contribution < -0.4 is 9.80 Å². The SMILES string of the molecule is CCN(CC)c1ccc(N2CC=C[C@]34O[C@H]5C=CCCOC(=O)[C@H]5[C@H]3C(=O)N([C@@H](CO)CC(C)C)C4C2=O)cc1. The van der Waals surface area contributed by atoms with Crippen molar-refractivity contribution in [2.24, 2.45) is 17.8 Å². The Morgan fingerprint density at radius 1 is 1.07 bits per heavy atom. The van der Waals surface area contributed by atoms with Crippen LogP contribution in [0.2, 0.25) is 0 Å². The topological polar surface area (TPSA) is 99.6 Å². The van der Waals surface area contributed by atoms with Crippen LogP contribution in [0.15, 0.2) is 48.6 Å². The molecule has 6 atom stereocenters. The second-order valence-corrected chi connectivity index (χ2v) is 11.5. The van der Waals surface area contributed by atoms with E-state index in [1.807, 2.05) is 62.4 Å². The van der Waals surface area contributed by atoms with Crippen LogP contribution in [0.5, 0.6) is 0 Å². The molecule has 216 valence electrons. The van der Waals surface area contributed by atoms with Gasteiger partial charge in [-0.2, -0.15) is 0 Å². The van der Waals surface area contributed by atoms with Crippen molar-refractivity contribution in [3.63, 3.8) is 0 Å². The highest BCUT2D eigenvalue weighted by atomic mass is 16.6. The van der Waals surface area contributed by atoms with Crippen molar-refractivity contribution in [3.05, 3.63) is 48.6 Å². The number of aliphatic hydroxyl groups excluding tert-OH is 1. The van der Waals surface area contributed by atoms with Gasteiger partial charge in [-0.05, 0) is 56.9 Å². The summed E-state index contributed by atoms with van der Waals surface area (Å²) in [5.41, 5.74) is 0.433. The summed E-state index contributed by atoms with van der Waals surface area (Å²) >= 11 is 0. The third kappa shape index (κ3) is 4.63. The Balaban J connectivity index is 1.59. The van der Waals surface area contributed by atoms with E-state index in [2.05, 4.69) is 18.7 Å². The Kier molecular flexibility index (Phi) is 8.06. The molecule has 1 unspecified atom stereocenters. The molecule has 0 aliphatic carbocycles. The zero-order valence-corrected chi connectivity index (χ0v) is 23.9. The normalized spacial score (nSPS) is 30.4.